The molecule has 162 valence electrons. The van der Waals surface area contributed by atoms with Gasteiger partial charge in [-0.05, 0) is 5.92 Å². The van der Waals surface area contributed by atoms with Gasteiger partial charge >= 0.3 is 5.97 Å². The van der Waals surface area contributed by atoms with Gasteiger partial charge in [0.25, 0.3) is 0 Å². The molecule has 12 heteroatoms. The lowest BCUT2D eigenvalue weighted by molar-refractivity contribution is -0.141. The Kier molecular flexibility index (Phi) is 9.75. The number of carboxylic acids is 1. The molecular weight excluding hydrogens is 384 g/mol. The van der Waals surface area contributed by atoms with Gasteiger partial charge in [-0.1, -0.05) is 20.3 Å². The Morgan fingerprint density at radius 2 is 1.93 bits per heavy atom. The minimum atomic E-state index is -1.23. The highest BCUT2D eigenvalue weighted by molar-refractivity contribution is 5.92. The third-order valence-corrected chi connectivity index (χ3v) is 4.36. The molecule has 0 saturated carbocycles. The molecule has 1 aromatic heterocycles. The second kappa shape index (κ2) is 11.8. The number of nitrogens with one attached hydrogen (secondary N) is 4. The molecule has 0 bridgehead atoms. The van der Waals surface area contributed by atoms with E-state index in [0.717, 1.165) is 0 Å². The highest BCUT2D eigenvalue weighted by Gasteiger charge is 2.28. The lowest BCUT2D eigenvalue weighted by Crippen LogP contribution is -2.56. The van der Waals surface area contributed by atoms with Crippen LogP contribution in [0.3, 0.4) is 0 Å². The summed E-state index contributed by atoms with van der Waals surface area (Å²) in [5, 5.41) is 25.4. The van der Waals surface area contributed by atoms with Crippen molar-refractivity contribution in [1.29, 1.82) is 0 Å². The van der Waals surface area contributed by atoms with E-state index in [-0.39, 0.29) is 12.3 Å². The van der Waals surface area contributed by atoms with Gasteiger partial charge in [0.1, 0.15) is 18.1 Å². The van der Waals surface area contributed by atoms with Crippen LogP contribution < -0.4 is 21.7 Å². The molecule has 8 N–H and O–H groups in total. The molecule has 12 nitrogen and oxygen atoms in total. The van der Waals surface area contributed by atoms with E-state index in [4.69, 9.17) is 10.8 Å². The van der Waals surface area contributed by atoms with Crippen LogP contribution >= 0.6 is 0 Å². The molecule has 1 heterocycles. The lowest BCUT2D eigenvalue weighted by Gasteiger charge is -2.24. The van der Waals surface area contributed by atoms with Gasteiger partial charge in [-0.15, -0.1) is 0 Å². The summed E-state index contributed by atoms with van der Waals surface area (Å²) in [5.41, 5.74) is 5.98. The van der Waals surface area contributed by atoms with E-state index >= 15 is 0 Å². The Balaban J connectivity index is 2.64. The molecule has 1 aromatic rings. The number of H-pyrrole nitrogens is 1. The summed E-state index contributed by atoms with van der Waals surface area (Å²) in [4.78, 5) is 54.3. The zero-order valence-corrected chi connectivity index (χ0v) is 16.3. The van der Waals surface area contributed by atoms with Crippen LogP contribution in [0.2, 0.25) is 0 Å². The van der Waals surface area contributed by atoms with E-state index in [9.17, 15) is 24.3 Å². The Morgan fingerprint density at radius 1 is 1.24 bits per heavy atom. The minimum absolute atomic E-state index is 0.000378. The van der Waals surface area contributed by atoms with Crippen molar-refractivity contribution >= 4 is 23.7 Å². The first-order chi connectivity index (χ1) is 13.7. The Labute approximate surface area is 167 Å². The molecule has 0 radical (unpaired) electrons. The van der Waals surface area contributed by atoms with Gasteiger partial charge in [0, 0.05) is 18.3 Å². The summed E-state index contributed by atoms with van der Waals surface area (Å²) in [5.74, 6) is -3.51. The fraction of sp³-hybridized carbons (Fsp3) is 0.588. The molecule has 0 aliphatic heterocycles. The first kappa shape index (κ1) is 24.0. The lowest BCUT2D eigenvalue weighted by atomic mass is 9.98. The number of aliphatic carboxylic acids is 1. The van der Waals surface area contributed by atoms with E-state index in [1.165, 1.54) is 12.5 Å². The number of imidazole rings is 1. The fourth-order valence-electron chi connectivity index (χ4n) is 2.38. The van der Waals surface area contributed by atoms with Crippen molar-refractivity contribution in [2.24, 2.45) is 11.7 Å². The van der Waals surface area contributed by atoms with Crippen molar-refractivity contribution in [3.63, 3.8) is 0 Å². The summed E-state index contributed by atoms with van der Waals surface area (Å²) >= 11 is 0. The summed E-state index contributed by atoms with van der Waals surface area (Å²) in [6.07, 6.45) is 3.40. The first-order valence-electron chi connectivity index (χ1n) is 9.13. The zero-order chi connectivity index (χ0) is 22.0. The summed E-state index contributed by atoms with van der Waals surface area (Å²) in [6, 6.07) is -3.33. The largest absolute Gasteiger partial charge is 0.480 e. The molecule has 4 unspecified atom stereocenters. The van der Waals surface area contributed by atoms with Gasteiger partial charge in [-0.25, -0.2) is 9.78 Å². The number of aromatic nitrogens is 2. The Morgan fingerprint density at radius 3 is 2.45 bits per heavy atom. The summed E-state index contributed by atoms with van der Waals surface area (Å²) < 4.78 is 0. The van der Waals surface area contributed by atoms with Crippen LogP contribution in [-0.2, 0) is 25.6 Å². The highest BCUT2D eigenvalue weighted by atomic mass is 16.4. The van der Waals surface area contributed by atoms with Crippen LogP contribution in [0, 0.1) is 5.92 Å². The van der Waals surface area contributed by atoms with Gasteiger partial charge in [0.05, 0.1) is 19.5 Å². The highest BCUT2D eigenvalue weighted by Crippen LogP contribution is 2.08. The van der Waals surface area contributed by atoms with E-state index in [2.05, 4.69) is 25.9 Å². The van der Waals surface area contributed by atoms with Crippen molar-refractivity contribution in [2.75, 3.05) is 13.2 Å². The number of rotatable bonds is 12. The number of nitrogens with zero attached hydrogens (tertiary/aromatic N) is 1. The predicted molar refractivity (Wildman–Crippen MR) is 101 cm³/mol. The Hall–Kier alpha value is -2.99. The second-order valence-corrected chi connectivity index (χ2v) is 6.62. The molecular formula is C17H28N6O6. The number of carbonyl (C=O) groups is 4. The number of hydrogen-bond donors (Lipinski definition) is 7. The van der Waals surface area contributed by atoms with Crippen molar-refractivity contribution < 1.29 is 29.4 Å². The molecule has 29 heavy (non-hydrogen) atoms. The van der Waals surface area contributed by atoms with Gasteiger partial charge < -0.3 is 36.9 Å². The number of carbonyl (C=O) groups excluding carboxylic acids is 3. The van der Waals surface area contributed by atoms with Crippen LogP contribution in [0.5, 0.6) is 0 Å². The quantitative estimate of drug-likeness (QED) is 0.195. The maximum Gasteiger partial charge on any atom is 0.326 e. The van der Waals surface area contributed by atoms with Crippen molar-refractivity contribution in [3.05, 3.63) is 18.2 Å². The maximum absolute atomic E-state index is 12.4. The van der Waals surface area contributed by atoms with Crippen LogP contribution in [0.25, 0.3) is 0 Å². The summed E-state index contributed by atoms with van der Waals surface area (Å²) in [6.45, 7) is 2.51. The van der Waals surface area contributed by atoms with Crippen molar-refractivity contribution in [2.45, 2.75) is 44.8 Å². The SMILES string of the molecule is CCC(C)C(NC(=O)C(N)CO)C(=O)NCC(=O)NC(Cc1cnc[nH]1)C(=O)O. The van der Waals surface area contributed by atoms with Gasteiger partial charge in [0.15, 0.2) is 0 Å². The van der Waals surface area contributed by atoms with Crippen molar-refractivity contribution in [3.8, 4) is 0 Å². The number of nitrogens with two attached hydrogens (primary N) is 1. The maximum atomic E-state index is 12.4. The number of amides is 3. The minimum Gasteiger partial charge on any atom is -0.480 e. The van der Waals surface area contributed by atoms with Crippen molar-refractivity contribution in [1.82, 2.24) is 25.9 Å². The van der Waals surface area contributed by atoms with Crippen LogP contribution in [-0.4, -0.2) is 75.1 Å². The monoisotopic (exact) mass is 412 g/mol. The Bertz CT molecular complexity index is 695. The third-order valence-electron chi connectivity index (χ3n) is 4.36. The number of aliphatic hydroxyl groups excluding tert-OH is 1. The number of carboxylic acid groups (broad SMARTS) is 1. The fourth-order valence-corrected chi connectivity index (χ4v) is 2.38. The molecule has 4 atom stereocenters. The van der Waals surface area contributed by atoms with E-state index in [1.54, 1.807) is 6.92 Å². The molecule has 3 amide bonds. The van der Waals surface area contributed by atoms with Crippen LogP contribution in [0.1, 0.15) is 26.0 Å². The van der Waals surface area contributed by atoms with E-state index in [0.29, 0.717) is 12.1 Å². The number of aliphatic hydroxyl groups is 1. The molecule has 0 saturated heterocycles. The second-order valence-electron chi connectivity index (χ2n) is 6.62. The smallest absolute Gasteiger partial charge is 0.326 e. The molecule has 0 aromatic carbocycles. The van der Waals surface area contributed by atoms with Crippen LogP contribution in [0.4, 0.5) is 0 Å². The molecule has 0 fully saturated rings. The van der Waals surface area contributed by atoms with Gasteiger partial charge in [0.2, 0.25) is 17.7 Å². The number of hydrogen-bond acceptors (Lipinski definition) is 7. The van der Waals surface area contributed by atoms with Gasteiger partial charge in [-0.2, -0.15) is 0 Å². The molecule has 0 spiro atoms. The van der Waals surface area contributed by atoms with E-state index < -0.39 is 55.0 Å². The zero-order valence-electron chi connectivity index (χ0n) is 16.3. The molecule has 0 aliphatic rings. The average Bonchev–Trinajstić information content (AvgIpc) is 3.21. The summed E-state index contributed by atoms with van der Waals surface area (Å²) in [7, 11) is 0. The van der Waals surface area contributed by atoms with Gasteiger partial charge in [-0.3, -0.25) is 14.4 Å². The first-order valence-corrected chi connectivity index (χ1v) is 9.13. The van der Waals surface area contributed by atoms with Crippen LogP contribution in [0.15, 0.2) is 12.5 Å². The average molecular weight is 412 g/mol. The topological polar surface area (TPSA) is 200 Å². The van der Waals surface area contributed by atoms with E-state index in [1.807, 2.05) is 6.92 Å². The number of aromatic amines is 1. The molecule has 0 aliphatic carbocycles. The normalized spacial score (nSPS) is 14.9. The third kappa shape index (κ3) is 7.87. The predicted octanol–water partition coefficient (Wildman–Crippen LogP) is -2.51. The molecule has 1 rings (SSSR count). The standard InChI is InChI=1S/C17H28N6O6/c1-3-9(2)14(23-15(26)11(18)7-24)16(27)20-6-13(25)22-12(17(28)29)4-10-5-19-8-21-10/h5,8-9,11-12,14,24H,3-4,6-7,18H2,1-2H3,(H,19,21)(H,20,27)(H,22,25)(H,23,26)(H,28,29).